The second kappa shape index (κ2) is 5.75. The molecule has 1 aliphatic heterocycles. The van der Waals surface area contributed by atoms with E-state index in [1.165, 1.54) is 4.90 Å². The molecular formula is C14H18F2N2O2. The van der Waals surface area contributed by atoms with Crippen molar-refractivity contribution in [1.82, 2.24) is 4.90 Å². The molecule has 1 aliphatic rings. The molecule has 110 valence electrons. The molecule has 1 atom stereocenters. The van der Waals surface area contributed by atoms with Crippen LogP contribution in [-0.2, 0) is 0 Å². The maximum Gasteiger partial charge on any atom is 0.335 e. The zero-order valence-corrected chi connectivity index (χ0v) is 11.6. The molecule has 1 aromatic rings. The van der Waals surface area contributed by atoms with Crippen LogP contribution in [0.5, 0.6) is 0 Å². The van der Waals surface area contributed by atoms with E-state index in [4.69, 9.17) is 5.11 Å². The van der Waals surface area contributed by atoms with Crippen LogP contribution in [0.1, 0.15) is 16.8 Å². The molecule has 6 heteroatoms. The summed E-state index contributed by atoms with van der Waals surface area (Å²) in [6.07, 6.45) is 0.997. The summed E-state index contributed by atoms with van der Waals surface area (Å²) in [5.74, 6) is -2.65. The summed E-state index contributed by atoms with van der Waals surface area (Å²) in [4.78, 5) is 14.5. The summed E-state index contributed by atoms with van der Waals surface area (Å²) < 4.78 is 27.8. The SMILES string of the molecule is CN1CCC(CN(C)c2c(F)cc(C(=O)O)cc2F)C1. The Balaban J connectivity index is 2.17. The molecule has 0 amide bonds. The average molecular weight is 284 g/mol. The zero-order valence-electron chi connectivity index (χ0n) is 11.6. The molecule has 1 aromatic carbocycles. The highest BCUT2D eigenvalue weighted by atomic mass is 19.1. The molecule has 0 radical (unpaired) electrons. The summed E-state index contributed by atoms with van der Waals surface area (Å²) in [5, 5.41) is 8.77. The van der Waals surface area contributed by atoms with Crippen molar-refractivity contribution < 1.29 is 18.7 Å². The van der Waals surface area contributed by atoms with Gasteiger partial charge in [0.1, 0.15) is 17.3 Å². The van der Waals surface area contributed by atoms with Gasteiger partial charge >= 0.3 is 5.97 Å². The number of halogens is 2. The fourth-order valence-electron chi connectivity index (χ4n) is 2.71. The third-order valence-electron chi connectivity index (χ3n) is 3.67. The van der Waals surface area contributed by atoms with Crippen molar-refractivity contribution in [2.75, 3.05) is 38.6 Å². The number of hydrogen-bond donors (Lipinski definition) is 1. The van der Waals surface area contributed by atoms with E-state index in [1.807, 2.05) is 7.05 Å². The lowest BCUT2D eigenvalue weighted by Gasteiger charge is -2.24. The first kappa shape index (κ1) is 14.7. The van der Waals surface area contributed by atoms with Crippen molar-refractivity contribution in [2.45, 2.75) is 6.42 Å². The number of rotatable bonds is 4. The van der Waals surface area contributed by atoms with E-state index < -0.39 is 17.6 Å². The first-order chi connectivity index (χ1) is 9.38. The van der Waals surface area contributed by atoms with Crippen LogP contribution < -0.4 is 4.90 Å². The molecule has 1 N–H and O–H groups in total. The molecule has 2 rings (SSSR count). The van der Waals surface area contributed by atoms with E-state index >= 15 is 0 Å². The Morgan fingerprint density at radius 3 is 2.50 bits per heavy atom. The first-order valence-electron chi connectivity index (χ1n) is 6.50. The van der Waals surface area contributed by atoms with E-state index in [0.717, 1.165) is 31.6 Å². The van der Waals surface area contributed by atoms with Gasteiger partial charge in [-0.2, -0.15) is 0 Å². The third-order valence-corrected chi connectivity index (χ3v) is 3.67. The Labute approximate surface area is 116 Å². The quantitative estimate of drug-likeness (QED) is 0.919. The predicted octanol–water partition coefficient (Wildman–Crippen LogP) is 2.05. The number of carboxylic acids is 1. The third kappa shape index (κ3) is 3.07. The van der Waals surface area contributed by atoms with Gasteiger partial charge in [0, 0.05) is 20.1 Å². The molecule has 0 bridgehead atoms. The van der Waals surface area contributed by atoms with E-state index in [-0.39, 0.29) is 11.3 Å². The van der Waals surface area contributed by atoms with Gasteiger partial charge < -0.3 is 14.9 Å². The number of likely N-dealkylation sites (tertiary alicyclic amines) is 1. The summed E-state index contributed by atoms with van der Waals surface area (Å²) in [5.41, 5.74) is -0.540. The van der Waals surface area contributed by atoms with Gasteiger partial charge in [-0.3, -0.25) is 0 Å². The lowest BCUT2D eigenvalue weighted by Crippen LogP contribution is -2.28. The van der Waals surface area contributed by atoms with E-state index in [2.05, 4.69) is 4.90 Å². The normalized spacial score (nSPS) is 19.3. The molecule has 4 nitrogen and oxygen atoms in total. The molecule has 0 aliphatic carbocycles. The minimum absolute atomic E-state index is 0.162. The summed E-state index contributed by atoms with van der Waals surface area (Å²) in [6, 6.07) is 1.72. The standard InChI is InChI=1S/C14H18F2N2O2/c1-17-4-3-9(7-17)8-18(2)13-11(15)5-10(14(19)20)6-12(13)16/h5-6,9H,3-4,7-8H2,1-2H3,(H,19,20). The fourth-order valence-corrected chi connectivity index (χ4v) is 2.71. The van der Waals surface area contributed by atoms with Gasteiger partial charge in [0.2, 0.25) is 0 Å². The highest BCUT2D eigenvalue weighted by molar-refractivity contribution is 5.88. The van der Waals surface area contributed by atoms with Crippen molar-refractivity contribution in [1.29, 1.82) is 0 Å². The lowest BCUT2D eigenvalue weighted by molar-refractivity contribution is 0.0695. The van der Waals surface area contributed by atoms with Crippen LogP contribution in [0, 0.1) is 17.6 Å². The second-order valence-corrected chi connectivity index (χ2v) is 5.39. The topological polar surface area (TPSA) is 43.8 Å². The summed E-state index contributed by atoms with van der Waals surface area (Å²) in [6.45, 7) is 2.44. The van der Waals surface area contributed by atoms with Crippen LogP contribution in [0.15, 0.2) is 12.1 Å². The summed E-state index contributed by atoms with van der Waals surface area (Å²) >= 11 is 0. The van der Waals surface area contributed by atoms with Crippen LogP contribution in [0.25, 0.3) is 0 Å². The lowest BCUT2D eigenvalue weighted by atomic mass is 10.1. The number of anilines is 1. The maximum absolute atomic E-state index is 13.9. The molecule has 1 heterocycles. The smallest absolute Gasteiger partial charge is 0.335 e. The average Bonchev–Trinajstić information content (AvgIpc) is 2.73. The molecule has 0 saturated carbocycles. The van der Waals surface area contributed by atoms with Crippen molar-refractivity contribution >= 4 is 11.7 Å². The van der Waals surface area contributed by atoms with Crippen molar-refractivity contribution in [3.05, 3.63) is 29.3 Å². The van der Waals surface area contributed by atoms with E-state index in [9.17, 15) is 13.6 Å². The molecule has 1 saturated heterocycles. The van der Waals surface area contributed by atoms with Crippen LogP contribution in [0.3, 0.4) is 0 Å². The first-order valence-corrected chi connectivity index (χ1v) is 6.50. The Bertz CT molecular complexity index is 499. The molecule has 1 fully saturated rings. The van der Waals surface area contributed by atoms with Crippen LogP contribution in [0.4, 0.5) is 14.5 Å². The van der Waals surface area contributed by atoms with Gasteiger partial charge in [0.15, 0.2) is 0 Å². The molecule has 0 spiro atoms. The molecular weight excluding hydrogens is 266 g/mol. The Morgan fingerprint density at radius 1 is 1.45 bits per heavy atom. The van der Waals surface area contributed by atoms with Crippen molar-refractivity contribution in [3.63, 3.8) is 0 Å². The highest BCUT2D eigenvalue weighted by Gasteiger charge is 2.24. The Morgan fingerprint density at radius 2 is 2.05 bits per heavy atom. The molecule has 0 aromatic heterocycles. The maximum atomic E-state index is 13.9. The number of benzene rings is 1. The number of aromatic carboxylic acids is 1. The van der Waals surface area contributed by atoms with Crippen LogP contribution in [-0.4, -0.2) is 49.7 Å². The minimum Gasteiger partial charge on any atom is -0.478 e. The van der Waals surface area contributed by atoms with Crippen molar-refractivity contribution in [2.24, 2.45) is 5.92 Å². The largest absolute Gasteiger partial charge is 0.478 e. The van der Waals surface area contributed by atoms with E-state index in [0.29, 0.717) is 12.5 Å². The Kier molecular flexibility index (Phi) is 4.23. The van der Waals surface area contributed by atoms with Gasteiger partial charge in [-0.25, -0.2) is 13.6 Å². The van der Waals surface area contributed by atoms with Gasteiger partial charge in [-0.1, -0.05) is 0 Å². The Hall–Kier alpha value is -1.69. The second-order valence-electron chi connectivity index (χ2n) is 5.39. The summed E-state index contributed by atoms with van der Waals surface area (Å²) in [7, 11) is 3.64. The predicted molar refractivity (Wildman–Crippen MR) is 72.2 cm³/mol. The van der Waals surface area contributed by atoms with Gasteiger partial charge in [0.25, 0.3) is 0 Å². The number of hydrogen-bond acceptors (Lipinski definition) is 3. The number of carboxylic acid groups (broad SMARTS) is 1. The number of carbonyl (C=O) groups is 1. The highest BCUT2D eigenvalue weighted by Crippen LogP contribution is 2.26. The van der Waals surface area contributed by atoms with Crippen LogP contribution >= 0.6 is 0 Å². The fraction of sp³-hybridized carbons (Fsp3) is 0.500. The van der Waals surface area contributed by atoms with Crippen LogP contribution in [0.2, 0.25) is 0 Å². The number of nitrogens with zero attached hydrogens (tertiary/aromatic N) is 2. The zero-order chi connectivity index (χ0) is 14.9. The van der Waals surface area contributed by atoms with Crippen molar-refractivity contribution in [3.8, 4) is 0 Å². The van der Waals surface area contributed by atoms with Gasteiger partial charge in [-0.15, -0.1) is 0 Å². The minimum atomic E-state index is -1.34. The van der Waals surface area contributed by atoms with Gasteiger partial charge in [-0.05, 0) is 38.1 Å². The van der Waals surface area contributed by atoms with Gasteiger partial charge in [0.05, 0.1) is 5.56 Å². The molecule has 20 heavy (non-hydrogen) atoms. The molecule has 1 unspecified atom stereocenters. The monoisotopic (exact) mass is 284 g/mol. The van der Waals surface area contributed by atoms with E-state index in [1.54, 1.807) is 7.05 Å².